The lowest BCUT2D eigenvalue weighted by molar-refractivity contribution is -0.120. The number of aryl methyl sites for hydroxylation is 4. The second-order valence-electron chi connectivity index (χ2n) is 7.72. The molecule has 3 aromatic rings. The van der Waals surface area contributed by atoms with Crippen LogP contribution >= 0.6 is 0 Å². The molecule has 1 aromatic carbocycles. The third-order valence-corrected chi connectivity index (χ3v) is 5.63. The summed E-state index contributed by atoms with van der Waals surface area (Å²) in [5, 5.41) is 4.20. The quantitative estimate of drug-likeness (QED) is 0.687. The second kappa shape index (κ2) is 7.19. The number of rotatable bonds is 7. The number of amides is 1. The van der Waals surface area contributed by atoms with Gasteiger partial charge in [0.05, 0.1) is 11.6 Å². The van der Waals surface area contributed by atoms with Crippen molar-refractivity contribution in [3.05, 3.63) is 76.6 Å². The Kier molecular flexibility index (Phi) is 4.71. The predicted octanol–water partition coefficient (Wildman–Crippen LogP) is 2.41. The Balaban J connectivity index is 1.53. The Morgan fingerprint density at radius 1 is 1.21 bits per heavy atom. The van der Waals surface area contributed by atoms with E-state index < -0.39 is 5.41 Å². The average Bonchev–Trinajstić information content (AvgIpc) is 3.40. The first-order valence-corrected chi connectivity index (χ1v) is 9.65. The molecular weight excluding hydrogens is 350 g/mol. The van der Waals surface area contributed by atoms with E-state index in [9.17, 15) is 4.79 Å². The van der Waals surface area contributed by atoms with Crippen LogP contribution in [-0.4, -0.2) is 25.7 Å². The van der Waals surface area contributed by atoms with Crippen LogP contribution in [-0.2, 0) is 36.5 Å². The zero-order valence-electron chi connectivity index (χ0n) is 16.4. The minimum absolute atomic E-state index is 0.211. The van der Waals surface area contributed by atoms with Crippen LogP contribution in [0.4, 0.5) is 0 Å². The number of aromatic nitrogens is 4. The summed E-state index contributed by atoms with van der Waals surface area (Å²) in [5.74, 6) is 0.592. The molecule has 6 heteroatoms. The summed E-state index contributed by atoms with van der Waals surface area (Å²) < 4.78 is 1.79. The fourth-order valence-corrected chi connectivity index (χ4v) is 3.83. The van der Waals surface area contributed by atoms with E-state index in [0.717, 1.165) is 53.9 Å². The summed E-state index contributed by atoms with van der Waals surface area (Å²) in [6.45, 7) is 2.04. The van der Waals surface area contributed by atoms with Gasteiger partial charge in [-0.25, -0.2) is 9.97 Å². The van der Waals surface area contributed by atoms with Crippen LogP contribution in [0.25, 0.3) is 0 Å². The number of carbonyl (C=O) groups excluding carboxylic acids is 1. The van der Waals surface area contributed by atoms with Crippen molar-refractivity contribution in [1.82, 2.24) is 19.7 Å². The summed E-state index contributed by atoms with van der Waals surface area (Å²) >= 11 is 0. The van der Waals surface area contributed by atoms with Gasteiger partial charge in [0.15, 0.2) is 0 Å². The molecule has 6 nitrogen and oxygen atoms in total. The maximum Gasteiger partial charge on any atom is 0.228 e. The third-order valence-electron chi connectivity index (χ3n) is 5.63. The molecule has 144 valence electrons. The Morgan fingerprint density at radius 2 is 2.00 bits per heavy atom. The van der Waals surface area contributed by atoms with E-state index in [1.807, 2.05) is 50.8 Å². The second-order valence-corrected chi connectivity index (χ2v) is 7.72. The molecule has 28 heavy (non-hydrogen) atoms. The monoisotopic (exact) mass is 375 g/mol. The van der Waals surface area contributed by atoms with Crippen LogP contribution in [0.15, 0.2) is 42.9 Å². The minimum atomic E-state index is -0.456. The summed E-state index contributed by atoms with van der Waals surface area (Å²) in [6.07, 6.45) is 9.72. The van der Waals surface area contributed by atoms with Gasteiger partial charge in [0.2, 0.25) is 5.91 Å². The lowest BCUT2D eigenvalue weighted by Crippen LogP contribution is -2.29. The Labute approximate surface area is 164 Å². The van der Waals surface area contributed by atoms with E-state index in [1.165, 1.54) is 5.56 Å². The zero-order valence-corrected chi connectivity index (χ0v) is 16.4. The van der Waals surface area contributed by atoms with Crippen LogP contribution < -0.4 is 5.73 Å². The normalized spacial score (nSPS) is 14.8. The fourth-order valence-electron chi connectivity index (χ4n) is 3.83. The molecule has 0 spiro atoms. The highest BCUT2D eigenvalue weighted by Crippen LogP contribution is 2.49. The molecule has 1 aliphatic carbocycles. The number of hydrogen-bond donors (Lipinski definition) is 1. The van der Waals surface area contributed by atoms with E-state index in [-0.39, 0.29) is 5.91 Å². The molecular formula is C22H25N5O. The SMILES string of the molecule is Cc1cnc(Cc2cnn(C)c2)nc1CCc1ccccc1C1(C(N)=O)CC1. The molecule has 0 aliphatic heterocycles. The summed E-state index contributed by atoms with van der Waals surface area (Å²) in [5.41, 5.74) is 10.7. The van der Waals surface area contributed by atoms with Crippen LogP contribution in [0.5, 0.6) is 0 Å². The molecule has 2 heterocycles. The minimum Gasteiger partial charge on any atom is -0.369 e. The highest BCUT2D eigenvalue weighted by atomic mass is 16.1. The third kappa shape index (κ3) is 3.54. The molecule has 0 unspecified atom stereocenters. The van der Waals surface area contributed by atoms with Gasteiger partial charge in [-0.05, 0) is 54.9 Å². The van der Waals surface area contributed by atoms with Gasteiger partial charge in [-0.1, -0.05) is 24.3 Å². The van der Waals surface area contributed by atoms with Crippen molar-refractivity contribution in [3.8, 4) is 0 Å². The van der Waals surface area contributed by atoms with Gasteiger partial charge >= 0.3 is 0 Å². The Morgan fingerprint density at radius 3 is 2.68 bits per heavy atom. The molecule has 1 aliphatic rings. The maximum atomic E-state index is 12.0. The summed E-state index contributed by atoms with van der Waals surface area (Å²) in [6, 6.07) is 8.17. The number of carbonyl (C=O) groups is 1. The predicted molar refractivity (Wildman–Crippen MR) is 107 cm³/mol. The summed E-state index contributed by atoms with van der Waals surface area (Å²) in [4.78, 5) is 21.3. The van der Waals surface area contributed by atoms with E-state index in [4.69, 9.17) is 10.7 Å². The van der Waals surface area contributed by atoms with Crippen molar-refractivity contribution in [2.45, 2.75) is 44.4 Å². The maximum absolute atomic E-state index is 12.0. The van der Waals surface area contributed by atoms with Crippen LogP contribution in [0.2, 0.25) is 0 Å². The molecule has 1 saturated carbocycles. The average molecular weight is 375 g/mol. The molecule has 2 aromatic heterocycles. The van der Waals surface area contributed by atoms with Gasteiger partial charge in [0, 0.05) is 31.6 Å². The molecule has 4 rings (SSSR count). The standard InChI is InChI=1S/C22H25N5O/c1-15-12-24-20(11-16-13-25-27(2)14-16)26-19(15)8-7-17-5-3-4-6-18(17)22(9-10-22)21(23)28/h3-6,12-14H,7-11H2,1-2H3,(H2,23,28). The first kappa shape index (κ1) is 18.3. The first-order chi connectivity index (χ1) is 13.5. The number of primary amides is 1. The van der Waals surface area contributed by atoms with Crippen LogP contribution in [0.1, 0.15) is 46.6 Å². The number of nitrogens with zero attached hydrogens (tertiary/aromatic N) is 4. The zero-order chi connectivity index (χ0) is 19.7. The van der Waals surface area contributed by atoms with E-state index in [0.29, 0.717) is 6.42 Å². The number of benzene rings is 1. The topological polar surface area (TPSA) is 86.7 Å². The van der Waals surface area contributed by atoms with Gasteiger partial charge in [-0.15, -0.1) is 0 Å². The lowest BCUT2D eigenvalue weighted by atomic mass is 9.88. The molecule has 0 radical (unpaired) electrons. The molecule has 1 fully saturated rings. The number of hydrogen-bond acceptors (Lipinski definition) is 4. The molecule has 1 amide bonds. The Bertz CT molecular complexity index is 1020. The van der Waals surface area contributed by atoms with Gasteiger partial charge < -0.3 is 5.73 Å². The highest BCUT2D eigenvalue weighted by Gasteiger charge is 2.50. The van der Waals surface area contributed by atoms with Gasteiger partial charge in [0.25, 0.3) is 0 Å². The smallest absolute Gasteiger partial charge is 0.228 e. The van der Waals surface area contributed by atoms with Crippen molar-refractivity contribution in [2.24, 2.45) is 12.8 Å². The van der Waals surface area contributed by atoms with Gasteiger partial charge in [0.1, 0.15) is 5.82 Å². The first-order valence-electron chi connectivity index (χ1n) is 9.65. The van der Waals surface area contributed by atoms with Crippen molar-refractivity contribution in [1.29, 1.82) is 0 Å². The molecule has 2 N–H and O–H groups in total. The largest absolute Gasteiger partial charge is 0.369 e. The van der Waals surface area contributed by atoms with E-state index in [2.05, 4.69) is 16.1 Å². The summed E-state index contributed by atoms with van der Waals surface area (Å²) in [7, 11) is 1.90. The van der Waals surface area contributed by atoms with Crippen LogP contribution in [0, 0.1) is 6.92 Å². The van der Waals surface area contributed by atoms with Gasteiger partial charge in [-0.3, -0.25) is 9.48 Å². The highest BCUT2D eigenvalue weighted by molar-refractivity contribution is 5.90. The number of nitrogens with two attached hydrogens (primary N) is 1. The van der Waals surface area contributed by atoms with Crippen molar-refractivity contribution >= 4 is 5.91 Å². The fraction of sp³-hybridized carbons (Fsp3) is 0.364. The molecule has 0 bridgehead atoms. The Hall–Kier alpha value is -3.02. The van der Waals surface area contributed by atoms with E-state index in [1.54, 1.807) is 4.68 Å². The van der Waals surface area contributed by atoms with E-state index >= 15 is 0 Å². The van der Waals surface area contributed by atoms with Crippen molar-refractivity contribution < 1.29 is 4.79 Å². The van der Waals surface area contributed by atoms with Gasteiger partial charge in [-0.2, -0.15) is 5.10 Å². The molecule has 0 atom stereocenters. The van der Waals surface area contributed by atoms with Crippen LogP contribution in [0.3, 0.4) is 0 Å². The molecule has 0 saturated heterocycles. The van der Waals surface area contributed by atoms with Crippen molar-refractivity contribution in [3.63, 3.8) is 0 Å². The van der Waals surface area contributed by atoms with Crippen molar-refractivity contribution in [2.75, 3.05) is 0 Å². The lowest BCUT2D eigenvalue weighted by Gasteiger charge is -2.17.